The summed E-state index contributed by atoms with van der Waals surface area (Å²) in [6, 6.07) is 21.1. The van der Waals surface area contributed by atoms with Crippen molar-refractivity contribution in [3.63, 3.8) is 0 Å². The quantitative estimate of drug-likeness (QED) is 0.399. The molecule has 0 radical (unpaired) electrons. The molecule has 3 heteroatoms. The van der Waals surface area contributed by atoms with Crippen LogP contribution in [0.2, 0.25) is 0 Å². The molecular formula is C31H34O3. The average Bonchev–Trinajstić information content (AvgIpc) is 2.80. The van der Waals surface area contributed by atoms with E-state index in [0.29, 0.717) is 6.61 Å². The molecule has 2 aliphatic rings. The summed E-state index contributed by atoms with van der Waals surface area (Å²) >= 11 is 0. The van der Waals surface area contributed by atoms with E-state index in [0.717, 1.165) is 28.2 Å². The third-order valence-corrected chi connectivity index (χ3v) is 6.90. The van der Waals surface area contributed by atoms with Crippen LogP contribution in [-0.4, -0.2) is 7.11 Å². The van der Waals surface area contributed by atoms with Gasteiger partial charge in [0.25, 0.3) is 5.79 Å². The fraction of sp³-hybridized carbons (Fsp3) is 0.355. The monoisotopic (exact) mass is 454 g/mol. The number of hydrogen-bond acceptors (Lipinski definition) is 3. The Morgan fingerprint density at radius 2 is 1.56 bits per heavy atom. The highest BCUT2D eigenvalue weighted by molar-refractivity contribution is 5.92. The summed E-state index contributed by atoms with van der Waals surface area (Å²) in [5, 5.41) is 0. The summed E-state index contributed by atoms with van der Waals surface area (Å²) in [4.78, 5) is 0. The van der Waals surface area contributed by atoms with Crippen molar-refractivity contribution in [2.45, 2.75) is 64.8 Å². The fourth-order valence-electron chi connectivity index (χ4n) is 4.87. The van der Waals surface area contributed by atoms with Crippen molar-refractivity contribution in [2.75, 3.05) is 7.11 Å². The van der Waals surface area contributed by atoms with E-state index in [1.165, 1.54) is 22.3 Å². The van der Waals surface area contributed by atoms with Gasteiger partial charge >= 0.3 is 0 Å². The maximum absolute atomic E-state index is 7.03. The van der Waals surface area contributed by atoms with Gasteiger partial charge < -0.3 is 14.2 Å². The highest BCUT2D eigenvalue weighted by Gasteiger charge is 2.48. The van der Waals surface area contributed by atoms with Gasteiger partial charge in [-0.15, -0.1) is 0 Å². The number of methoxy groups -OCH3 is 1. The first-order valence-electron chi connectivity index (χ1n) is 12.0. The second-order valence-corrected chi connectivity index (χ2v) is 11.4. The molecule has 3 aromatic rings. The van der Waals surface area contributed by atoms with Gasteiger partial charge in [-0.1, -0.05) is 71.9 Å². The van der Waals surface area contributed by atoms with Crippen molar-refractivity contribution in [2.24, 2.45) is 0 Å². The third kappa shape index (κ3) is 3.63. The van der Waals surface area contributed by atoms with E-state index in [1.54, 1.807) is 7.11 Å². The summed E-state index contributed by atoms with van der Waals surface area (Å²) in [5.41, 5.74) is 7.89. The summed E-state index contributed by atoms with van der Waals surface area (Å²) in [5.74, 6) is 0.694. The minimum Gasteiger partial charge on any atom is -0.497 e. The lowest BCUT2D eigenvalue weighted by Gasteiger charge is -2.44. The van der Waals surface area contributed by atoms with Crippen molar-refractivity contribution in [3.8, 4) is 11.5 Å². The maximum Gasteiger partial charge on any atom is 0.265 e. The van der Waals surface area contributed by atoms with E-state index < -0.39 is 5.79 Å². The van der Waals surface area contributed by atoms with Crippen LogP contribution in [-0.2, 0) is 28.0 Å². The number of hydrogen-bond donors (Lipinski definition) is 0. The summed E-state index contributed by atoms with van der Waals surface area (Å²) in [6.45, 7) is 14.0. The van der Waals surface area contributed by atoms with Gasteiger partial charge in [-0.05, 0) is 63.9 Å². The Hall–Kier alpha value is -3.04. The molecule has 3 nitrogen and oxygen atoms in total. The molecule has 5 rings (SSSR count). The summed E-state index contributed by atoms with van der Waals surface area (Å²) in [7, 11) is 1.68. The molecule has 0 N–H and O–H groups in total. The number of rotatable bonds is 2. The lowest BCUT2D eigenvalue weighted by Crippen LogP contribution is -2.42. The Morgan fingerprint density at radius 3 is 2.21 bits per heavy atom. The molecule has 1 atom stereocenters. The van der Waals surface area contributed by atoms with E-state index in [9.17, 15) is 0 Å². The maximum atomic E-state index is 7.03. The molecule has 1 unspecified atom stereocenters. The van der Waals surface area contributed by atoms with Crippen LogP contribution < -0.4 is 9.47 Å². The molecule has 0 fully saturated rings. The van der Waals surface area contributed by atoms with Gasteiger partial charge in [-0.25, -0.2) is 0 Å². The molecule has 2 aliphatic heterocycles. The minimum atomic E-state index is -1.02. The van der Waals surface area contributed by atoms with Crippen LogP contribution >= 0.6 is 0 Å². The first-order chi connectivity index (χ1) is 16.0. The SMILES string of the molecule is COc1ccc(C23OCc4ccccc4C2=Cc2cc(C(C)(C)C)cc(C(C)(C)C)c2O3)cc1. The second-order valence-electron chi connectivity index (χ2n) is 11.4. The largest absolute Gasteiger partial charge is 0.497 e. The Morgan fingerprint density at radius 1 is 0.853 bits per heavy atom. The average molecular weight is 455 g/mol. The highest BCUT2D eigenvalue weighted by atomic mass is 16.7. The number of benzene rings is 3. The number of ether oxygens (including phenoxy) is 3. The van der Waals surface area contributed by atoms with Crippen molar-refractivity contribution >= 4 is 11.6 Å². The summed E-state index contributed by atoms with van der Waals surface area (Å²) in [6.07, 6.45) is 2.28. The molecule has 176 valence electrons. The molecule has 3 aromatic carbocycles. The Kier molecular flexibility index (Phi) is 5.18. The molecule has 0 bridgehead atoms. The minimum absolute atomic E-state index is 0.0268. The molecule has 34 heavy (non-hydrogen) atoms. The van der Waals surface area contributed by atoms with Gasteiger partial charge in [0.05, 0.1) is 13.7 Å². The van der Waals surface area contributed by atoms with Crippen LogP contribution in [0.1, 0.15) is 74.9 Å². The summed E-state index contributed by atoms with van der Waals surface area (Å²) < 4.78 is 19.1. The van der Waals surface area contributed by atoms with E-state index in [1.807, 2.05) is 24.3 Å². The smallest absolute Gasteiger partial charge is 0.265 e. The van der Waals surface area contributed by atoms with E-state index in [4.69, 9.17) is 14.2 Å². The molecule has 0 saturated carbocycles. The van der Waals surface area contributed by atoms with Crippen LogP contribution in [0.5, 0.6) is 11.5 Å². The zero-order valence-electron chi connectivity index (χ0n) is 21.3. The van der Waals surface area contributed by atoms with Gasteiger partial charge in [0.15, 0.2) is 0 Å². The topological polar surface area (TPSA) is 27.7 Å². The zero-order valence-corrected chi connectivity index (χ0v) is 21.3. The molecule has 2 heterocycles. The lowest BCUT2D eigenvalue weighted by atomic mass is 9.76. The Bertz CT molecular complexity index is 1270. The predicted octanol–water partition coefficient (Wildman–Crippen LogP) is 7.61. The van der Waals surface area contributed by atoms with Crippen molar-refractivity contribution in [1.29, 1.82) is 0 Å². The lowest BCUT2D eigenvalue weighted by molar-refractivity contribution is -0.160. The van der Waals surface area contributed by atoms with E-state index >= 15 is 0 Å². The van der Waals surface area contributed by atoms with E-state index in [2.05, 4.69) is 84.0 Å². The second kappa shape index (κ2) is 7.74. The van der Waals surface area contributed by atoms with Gasteiger partial charge in [-0.3, -0.25) is 0 Å². The molecule has 0 saturated heterocycles. The van der Waals surface area contributed by atoms with Crippen LogP contribution in [0.4, 0.5) is 0 Å². The van der Waals surface area contributed by atoms with Gasteiger partial charge in [0.1, 0.15) is 11.5 Å². The third-order valence-electron chi connectivity index (χ3n) is 6.90. The van der Waals surface area contributed by atoms with E-state index in [-0.39, 0.29) is 10.8 Å². The van der Waals surface area contributed by atoms with Crippen LogP contribution in [0, 0.1) is 0 Å². The van der Waals surface area contributed by atoms with Gasteiger partial charge in [0.2, 0.25) is 0 Å². The Balaban J connectivity index is 1.81. The highest BCUT2D eigenvalue weighted by Crippen LogP contribution is 2.53. The Labute approximate surface area is 203 Å². The predicted molar refractivity (Wildman–Crippen MR) is 138 cm³/mol. The van der Waals surface area contributed by atoms with Gasteiger partial charge in [0, 0.05) is 22.3 Å². The molecule has 0 aliphatic carbocycles. The fourth-order valence-corrected chi connectivity index (χ4v) is 4.87. The number of fused-ring (bicyclic) bond motifs is 4. The molecule has 0 amide bonds. The molecule has 0 spiro atoms. The first kappa shape index (κ1) is 22.7. The van der Waals surface area contributed by atoms with Crippen LogP contribution in [0.3, 0.4) is 0 Å². The standard InChI is InChI=1S/C31H34O3/c1-29(2,3)23-16-21-17-26-25-11-9-8-10-20(25)19-33-31(26,22-12-14-24(32-7)15-13-22)34-28(21)27(18-23)30(4,5)6/h8-18H,19H2,1-7H3. The van der Waals surface area contributed by atoms with Crippen LogP contribution in [0.15, 0.2) is 60.7 Å². The normalized spacial score (nSPS) is 19.3. The molecule has 0 aromatic heterocycles. The van der Waals surface area contributed by atoms with Gasteiger partial charge in [-0.2, -0.15) is 0 Å². The first-order valence-corrected chi connectivity index (χ1v) is 12.0. The zero-order chi connectivity index (χ0) is 24.3. The van der Waals surface area contributed by atoms with Crippen molar-refractivity contribution < 1.29 is 14.2 Å². The molecular weight excluding hydrogens is 420 g/mol. The van der Waals surface area contributed by atoms with Crippen molar-refractivity contribution in [1.82, 2.24) is 0 Å². The van der Waals surface area contributed by atoms with Crippen LogP contribution in [0.25, 0.3) is 11.6 Å². The van der Waals surface area contributed by atoms with Crippen molar-refractivity contribution in [3.05, 3.63) is 94.0 Å².